The number of nitrogens with two attached hydrogens (primary N) is 2. The predicted molar refractivity (Wildman–Crippen MR) is 165 cm³/mol. The van der Waals surface area contributed by atoms with E-state index in [0.29, 0.717) is 28.2 Å². The van der Waals surface area contributed by atoms with Crippen LogP contribution in [-0.2, 0) is 40.9 Å². The van der Waals surface area contributed by atoms with Crippen LogP contribution in [0.4, 0.5) is 4.79 Å². The third-order valence-electron chi connectivity index (χ3n) is 5.37. The van der Waals surface area contributed by atoms with Gasteiger partial charge in [-0.25, -0.2) is 4.79 Å². The van der Waals surface area contributed by atoms with Crippen LogP contribution >= 0.6 is 18.8 Å². The molecule has 0 aliphatic carbocycles. The number of aliphatic hydroxyl groups is 2. The fourth-order valence-corrected chi connectivity index (χ4v) is 3.56. The summed E-state index contributed by atoms with van der Waals surface area (Å²) in [5.41, 5.74) is 3.60. The Balaban J connectivity index is 0. The van der Waals surface area contributed by atoms with Gasteiger partial charge in [-0.2, -0.15) is 0 Å². The van der Waals surface area contributed by atoms with E-state index in [1.54, 1.807) is 36.4 Å². The molecule has 0 spiro atoms. The van der Waals surface area contributed by atoms with E-state index in [9.17, 15) is 19.8 Å². The van der Waals surface area contributed by atoms with E-state index in [1.165, 1.54) is 25.8 Å². The minimum atomic E-state index is -1.45. The molecule has 0 radical (unpaired) electrons. The Morgan fingerprint density at radius 2 is 1.40 bits per heavy atom. The molecule has 0 heterocycles. The summed E-state index contributed by atoms with van der Waals surface area (Å²) < 4.78 is 15.2. The van der Waals surface area contributed by atoms with E-state index < -0.39 is 28.6 Å². The van der Waals surface area contributed by atoms with Crippen LogP contribution < -0.4 is 14.2 Å². The average Bonchev–Trinajstić information content (AvgIpc) is 2.96. The molecule has 8 N–H and O–H groups in total. The molecule has 0 bridgehead atoms. The molecule has 0 fully saturated rings. The number of carbonyl (C=O) groups is 2. The van der Waals surface area contributed by atoms with Gasteiger partial charge in [0.05, 0.1) is 27.4 Å². The van der Waals surface area contributed by atoms with Crippen LogP contribution in [0.5, 0.6) is 17.2 Å². The average molecular weight is 823 g/mol. The van der Waals surface area contributed by atoms with E-state index in [4.69, 9.17) is 38.5 Å². The molecular weight excluding hydrogens is 786 g/mol. The van der Waals surface area contributed by atoms with Gasteiger partial charge in [-0.05, 0) is 47.7 Å². The molecule has 0 atom stereocenters. The number of methoxy groups -OCH3 is 2. The number of aryl methyl sites for hydroxylation is 1. The van der Waals surface area contributed by atoms with Gasteiger partial charge < -0.3 is 46.9 Å². The Morgan fingerprint density at radius 3 is 1.91 bits per heavy atom. The number of halogens is 2. The summed E-state index contributed by atoms with van der Waals surface area (Å²) in [6.45, 7) is -0.537. The second kappa shape index (κ2) is 24.3. The Labute approximate surface area is 267 Å². The van der Waals surface area contributed by atoms with Gasteiger partial charge in [0.2, 0.25) is 0 Å². The molecule has 11 nitrogen and oxygen atoms in total. The van der Waals surface area contributed by atoms with Gasteiger partial charge in [0.1, 0.15) is 5.75 Å². The second-order valence-electron chi connectivity index (χ2n) is 8.08. The Bertz CT molecular complexity index is 1240. The van der Waals surface area contributed by atoms with Crippen LogP contribution in [0.1, 0.15) is 40.7 Å². The van der Waals surface area contributed by atoms with Crippen molar-refractivity contribution in [3.05, 3.63) is 101 Å². The van der Waals surface area contributed by atoms with E-state index in [1.807, 2.05) is 30.3 Å². The van der Waals surface area contributed by atoms with Gasteiger partial charge in [0, 0.05) is 17.5 Å². The number of aliphatic hydroxyl groups excluding tert-OH is 2. The molecule has 240 valence electrons. The summed E-state index contributed by atoms with van der Waals surface area (Å²) in [6.07, 6.45) is 3.91. The van der Waals surface area contributed by atoms with Crippen molar-refractivity contribution in [3.8, 4) is 17.2 Å². The zero-order chi connectivity index (χ0) is 30.6. The van der Waals surface area contributed by atoms with Crippen molar-refractivity contribution >= 4 is 43.1 Å². The van der Waals surface area contributed by atoms with Crippen molar-refractivity contribution in [2.75, 3.05) is 14.2 Å². The minimum absolute atomic E-state index is 0. The standard InChI is InChI=1S/C19H20O7.C10H12O2.2ClH.2H2N.Pt/c1-24-17-9-13(7-15(11-21)18(17)25-2)4-3-12-5-6-14(10-20)16(8-12)26-19(22)23;11-10(12)8-4-7-9-5-2-1-3-6-9;;;;;/h3-9,20-21H,10-11H2,1-2H3,(H,22,23);1-3,5-6H,4,7-8H2,(H,11,12);2*1H;2*1H2;/q;;;;2*-1;+4/p-2/b4-3-;;;;;;. The van der Waals surface area contributed by atoms with Crippen LogP contribution in [0.2, 0.25) is 0 Å². The molecule has 0 amide bonds. The minimum Gasteiger partial charge on any atom is -0.693 e. The number of hydrogen-bond donors (Lipinski definition) is 4. The van der Waals surface area contributed by atoms with Gasteiger partial charge in [-0.3, -0.25) is 4.79 Å². The molecule has 3 aromatic rings. The van der Waals surface area contributed by atoms with Crippen molar-refractivity contribution < 1.29 is 60.7 Å². The van der Waals surface area contributed by atoms with Gasteiger partial charge >= 0.3 is 47.4 Å². The maximum Gasteiger partial charge on any atom is -0.693 e. The topological polar surface area (TPSA) is 210 Å². The van der Waals surface area contributed by atoms with E-state index in [-0.39, 0.29) is 37.7 Å². The molecule has 0 saturated carbocycles. The molecule has 0 aromatic heterocycles. The fraction of sp³-hybridized carbons (Fsp3) is 0.241. The maximum absolute atomic E-state index is 10.8. The Hall–Kier alpha value is -3.15. The SMILES string of the molecule is COc1cc(/C=C\c2ccc(CO)c(OC(=O)O)c2)cc(CO)c1OC.O=C(O)CCCc1ccccc1.[Cl][Pt+2][Cl].[NH2-].[NH2-]. The van der Waals surface area contributed by atoms with Crippen LogP contribution in [0.3, 0.4) is 0 Å². The number of carboxylic acids is 1. The monoisotopic (exact) mass is 821 g/mol. The molecular formula is C29H36Cl2N2O9Pt. The largest absolute Gasteiger partial charge is 0.693 e. The number of hydrogen-bond acceptors (Lipinski definition) is 7. The summed E-state index contributed by atoms with van der Waals surface area (Å²) in [7, 11) is 12.8. The van der Waals surface area contributed by atoms with Gasteiger partial charge in [-0.15, -0.1) is 0 Å². The number of ether oxygens (including phenoxy) is 3. The first-order valence-corrected chi connectivity index (χ1v) is 17.6. The first-order chi connectivity index (χ1) is 19.7. The smallest absolute Gasteiger partial charge is 0.693 e. The summed E-state index contributed by atoms with van der Waals surface area (Å²) >= 11 is -0.472. The quantitative estimate of drug-likeness (QED) is 0.0843. The van der Waals surface area contributed by atoms with E-state index in [2.05, 4.69) is 4.74 Å². The molecule has 3 rings (SSSR count). The van der Waals surface area contributed by atoms with Crippen LogP contribution in [0, 0.1) is 0 Å². The van der Waals surface area contributed by atoms with Crippen LogP contribution in [0.15, 0.2) is 60.7 Å². The number of carboxylic acid groups (broad SMARTS) is 2. The van der Waals surface area contributed by atoms with Gasteiger partial charge in [0.15, 0.2) is 11.5 Å². The maximum atomic E-state index is 10.8. The normalized spacial score (nSPS) is 9.72. The van der Waals surface area contributed by atoms with Crippen LogP contribution in [-0.4, -0.2) is 46.8 Å². The number of rotatable bonds is 11. The first-order valence-electron chi connectivity index (χ1n) is 12.0. The molecule has 0 unspecified atom stereocenters. The summed E-state index contributed by atoms with van der Waals surface area (Å²) in [5, 5.41) is 35.9. The zero-order valence-corrected chi connectivity index (χ0v) is 27.3. The molecule has 0 saturated heterocycles. The molecule has 0 aliphatic heterocycles. The van der Waals surface area contributed by atoms with Crippen molar-refractivity contribution in [1.82, 2.24) is 0 Å². The van der Waals surface area contributed by atoms with E-state index in [0.717, 1.165) is 18.4 Å². The zero-order valence-electron chi connectivity index (χ0n) is 23.5. The van der Waals surface area contributed by atoms with Crippen molar-refractivity contribution in [1.29, 1.82) is 0 Å². The Kier molecular flexibility index (Phi) is 23.7. The second-order valence-corrected chi connectivity index (χ2v) is 11.4. The van der Waals surface area contributed by atoms with E-state index >= 15 is 0 Å². The molecule has 0 aliphatic rings. The number of aliphatic carboxylic acids is 1. The summed E-state index contributed by atoms with van der Waals surface area (Å²) in [4.78, 5) is 20.9. The first kappa shape index (κ1) is 42.0. The number of benzene rings is 3. The molecule has 14 heteroatoms. The van der Waals surface area contributed by atoms with Crippen LogP contribution in [0.25, 0.3) is 24.5 Å². The third kappa shape index (κ3) is 16.3. The fourth-order valence-electron chi connectivity index (χ4n) is 3.56. The van der Waals surface area contributed by atoms with Crippen molar-refractivity contribution in [2.24, 2.45) is 0 Å². The molecule has 3 aromatic carbocycles. The summed E-state index contributed by atoms with van der Waals surface area (Å²) in [6, 6.07) is 18.3. The van der Waals surface area contributed by atoms with Gasteiger partial charge in [0.25, 0.3) is 0 Å². The van der Waals surface area contributed by atoms with Crippen molar-refractivity contribution in [2.45, 2.75) is 32.5 Å². The Morgan fingerprint density at radius 1 is 0.814 bits per heavy atom. The molecule has 43 heavy (non-hydrogen) atoms. The predicted octanol–water partition coefficient (Wildman–Crippen LogP) is 7.82. The third-order valence-corrected chi connectivity index (χ3v) is 5.37. The van der Waals surface area contributed by atoms with Crippen molar-refractivity contribution in [3.63, 3.8) is 0 Å². The van der Waals surface area contributed by atoms with Gasteiger partial charge in [-0.1, -0.05) is 54.6 Å². The summed E-state index contributed by atoms with van der Waals surface area (Å²) in [5.74, 6) is 0.317.